The van der Waals surface area contributed by atoms with Crippen LogP contribution in [-0.4, -0.2) is 18.0 Å². The third-order valence-electron chi connectivity index (χ3n) is 4.34. The summed E-state index contributed by atoms with van der Waals surface area (Å²) in [5.41, 5.74) is 6.64. The summed E-state index contributed by atoms with van der Waals surface area (Å²) in [6.07, 6.45) is 1.46. The first-order valence-electron chi connectivity index (χ1n) is 9.50. The number of carbonyl (C=O) groups is 2. The lowest BCUT2D eigenvalue weighted by Crippen LogP contribution is -2.32. The summed E-state index contributed by atoms with van der Waals surface area (Å²) < 4.78 is 5.73. The molecule has 2 amide bonds. The number of anilines is 1. The third kappa shape index (κ3) is 6.04. The van der Waals surface area contributed by atoms with E-state index >= 15 is 0 Å². The molecule has 0 heterocycles. The van der Waals surface area contributed by atoms with Crippen molar-refractivity contribution in [1.82, 2.24) is 5.43 Å². The molecule has 0 aromatic heterocycles. The van der Waals surface area contributed by atoms with Crippen LogP contribution in [0.5, 0.6) is 5.75 Å². The minimum atomic E-state index is -0.839. The third-order valence-corrected chi connectivity index (χ3v) is 4.34. The maximum Gasteiger partial charge on any atom is 0.329 e. The number of rotatable bonds is 6. The summed E-state index contributed by atoms with van der Waals surface area (Å²) in [5.74, 6) is -0.884. The second-order valence-corrected chi connectivity index (χ2v) is 6.81. The Morgan fingerprint density at radius 3 is 2.37 bits per heavy atom. The van der Waals surface area contributed by atoms with Crippen LogP contribution in [0.25, 0.3) is 0 Å². The zero-order valence-corrected chi connectivity index (χ0v) is 16.9. The molecule has 0 aliphatic rings. The Morgan fingerprint density at radius 1 is 0.933 bits per heavy atom. The maximum atomic E-state index is 12.0. The number of nitrogens with zero attached hydrogens (tertiary/aromatic N) is 1. The topological polar surface area (TPSA) is 79.8 Å². The molecule has 0 fully saturated rings. The zero-order chi connectivity index (χ0) is 21.3. The van der Waals surface area contributed by atoms with E-state index in [1.165, 1.54) is 6.21 Å². The van der Waals surface area contributed by atoms with E-state index in [-0.39, 0.29) is 0 Å². The highest BCUT2D eigenvalue weighted by atomic mass is 16.5. The van der Waals surface area contributed by atoms with Crippen molar-refractivity contribution in [1.29, 1.82) is 0 Å². The van der Waals surface area contributed by atoms with Gasteiger partial charge in [0.05, 0.1) is 6.21 Å². The van der Waals surface area contributed by atoms with Crippen molar-refractivity contribution in [2.45, 2.75) is 20.5 Å². The summed E-state index contributed by atoms with van der Waals surface area (Å²) in [6.45, 7) is 4.31. The fourth-order valence-corrected chi connectivity index (χ4v) is 2.74. The Labute approximate surface area is 175 Å². The lowest BCUT2D eigenvalue weighted by molar-refractivity contribution is -0.136. The predicted octanol–water partition coefficient (Wildman–Crippen LogP) is 3.97. The van der Waals surface area contributed by atoms with Crippen LogP contribution in [0.2, 0.25) is 0 Å². The zero-order valence-electron chi connectivity index (χ0n) is 16.9. The van der Waals surface area contributed by atoms with Gasteiger partial charge in [-0.25, -0.2) is 5.43 Å². The number of carbonyl (C=O) groups excluding carboxylic acids is 2. The summed E-state index contributed by atoms with van der Waals surface area (Å²) in [5, 5.41) is 6.42. The highest BCUT2D eigenvalue weighted by Gasteiger charge is 2.13. The first-order valence-corrected chi connectivity index (χ1v) is 9.50. The maximum absolute atomic E-state index is 12.0. The van der Waals surface area contributed by atoms with Crippen LogP contribution >= 0.6 is 0 Å². The van der Waals surface area contributed by atoms with Gasteiger partial charge in [0.15, 0.2) is 0 Å². The molecule has 0 bridgehead atoms. The quantitative estimate of drug-likeness (QED) is 0.373. The molecule has 0 saturated carbocycles. The van der Waals surface area contributed by atoms with Crippen LogP contribution < -0.4 is 15.5 Å². The fourth-order valence-electron chi connectivity index (χ4n) is 2.74. The number of hydrogen-bond acceptors (Lipinski definition) is 4. The molecule has 3 aromatic rings. The predicted molar refractivity (Wildman–Crippen MR) is 117 cm³/mol. The second kappa shape index (κ2) is 10.0. The highest BCUT2D eigenvalue weighted by molar-refractivity contribution is 6.39. The number of hydrogen-bond donors (Lipinski definition) is 2. The molecular formula is C24H23N3O3. The lowest BCUT2D eigenvalue weighted by atomic mass is 10.1. The van der Waals surface area contributed by atoms with Gasteiger partial charge in [-0.15, -0.1) is 0 Å². The summed E-state index contributed by atoms with van der Waals surface area (Å²) >= 11 is 0. The standard InChI is InChI=1S/C24H23N3O3/c1-17-8-13-22(18(2)14-17)26-23(28)24(29)27-25-15-19-9-11-21(12-10-19)30-16-20-6-4-3-5-7-20/h3-15H,16H2,1-2H3,(H,26,28)(H,27,29)/b25-15-. The SMILES string of the molecule is Cc1ccc(NC(=O)C(=O)N/N=C\c2ccc(OCc3ccccc3)cc2)c(C)c1. The van der Waals surface area contributed by atoms with Gasteiger partial charge in [0.25, 0.3) is 0 Å². The molecule has 0 aliphatic heterocycles. The van der Waals surface area contributed by atoms with Gasteiger partial charge in [-0.2, -0.15) is 5.10 Å². The first-order chi connectivity index (χ1) is 14.5. The second-order valence-electron chi connectivity index (χ2n) is 6.81. The van der Waals surface area contributed by atoms with E-state index in [1.54, 1.807) is 6.07 Å². The van der Waals surface area contributed by atoms with Gasteiger partial charge in [0, 0.05) is 5.69 Å². The number of amides is 2. The molecule has 3 rings (SSSR count). The number of ether oxygens (including phenoxy) is 1. The summed E-state index contributed by atoms with van der Waals surface area (Å²) in [4.78, 5) is 23.9. The molecule has 0 saturated heterocycles. The Balaban J connectivity index is 1.48. The number of nitrogens with one attached hydrogen (secondary N) is 2. The van der Waals surface area contributed by atoms with E-state index in [4.69, 9.17) is 4.74 Å². The minimum Gasteiger partial charge on any atom is -0.489 e. The average Bonchev–Trinajstić information content (AvgIpc) is 2.75. The van der Waals surface area contributed by atoms with Crippen LogP contribution in [0.4, 0.5) is 5.69 Å². The lowest BCUT2D eigenvalue weighted by Gasteiger charge is -2.08. The van der Waals surface area contributed by atoms with Crippen LogP contribution in [-0.2, 0) is 16.2 Å². The Bertz CT molecular complexity index is 1050. The molecule has 3 aromatic carbocycles. The Morgan fingerprint density at radius 2 is 1.67 bits per heavy atom. The van der Waals surface area contributed by atoms with Crippen molar-refractivity contribution in [3.8, 4) is 5.75 Å². The Hall–Kier alpha value is -3.93. The molecule has 2 N–H and O–H groups in total. The van der Waals surface area contributed by atoms with Crippen LogP contribution in [0.15, 0.2) is 77.9 Å². The van der Waals surface area contributed by atoms with Crippen molar-refractivity contribution in [3.05, 3.63) is 95.1 Å². The van der Waals surface area contributed by atoms with E-state index in [0.717, 1.165) is 28.0 Å². The van der Waals surface area contributed by atoms with Gasteiger partial charge in [-0.3, -0.25) is 9.59 Å². The van der Waals surface area contributed by atoms with Crippen LogP contribution in [0.3, 0.4) is 0 Å². The van der Waals surface area contributed by atoms with E-state index in [1.807, 2.05) is 80.6 Å². The van der Waals surface area contributed by atoms with Gasteiger partial charge < -0.3 is 10.1 Å². The van der Waals surface area contributed by atoms with Gasteiger partial charge >= 0.3 is 11.8 Å². The number of aryl methyl sites for hydroxylation is 2. The van der Waals surface area contributed by atoms with Gasteiger partial charge in [-0.05, 0) is 60.9 Å². The average molecular weight is 401 g/mol. The van der Waals surface area contributed by atoms with Crippen molar-refractivity contribution in [2.24, 2.45) is 5.10 Å². The molecule has 0 spiro atoms. The van der Waals surface area contributed by atoms with Crippen LogP contribution in [0.1, 0.15) is 22.3 Å². The molecule has 0 atom stereocenters. The van der Waals surface area contributed by atoms with Crippen LogP contribution in [0, 0.1) is 13.8 Å². The van der Waals surface area contributed by atoms with Gasteiger partial charge in [0.2, 0.25) is 0 Å². The molecule has 0 unspecified atom stereocenters. The molecular weight excluding hydrogens is 378 g/mol. The Kier molecular flexibility index (Phi) is 6.95. The van der Waals surface area contributed by atoms with E-state index in [9.17, 15) is 9.59 Å². The first kappa shape index (κ1) is 20.8. The summed E-state index contributed by atoms with van der Waals surface area (Å²) in [7, 11) is 0. The highest BCUT2D eigenvalue weighted by Crippen LogP contribution is 2.16. The van der Waals surface area contributed by atoms with Crippen molar-refractivity contribution in [2.75, 3.05) is 5.32 Å². The normalized spacial score (nSPS) is 10.6. The van der Waals surface area contributed by atoms with Crippen molar-refractivity contribution in [3.63, 3.8) is 0 Å². The summed E-state index contributed by atoms with van der Waals surface area (Å²) in [6, 6.07) is 22.7. The number of benzene rings is 3. The minimum absolute atomic E-state index is 0.486. The van der Waals surface area contributed by atoms with Crippen molar-refractivity contribution >= 4 is 23.7 Å². The van der Waals surface area contributed by atoms with Gasteiger partial charge in [-0.1, -0.05) is 48.0 Å². The van der Waals surface area contributed by atoms with Gasteiger partial charge in [0.1, 0.15) is 12.4 Å². The van der Waals surface area contributed by atoms with E-state index in [0.29, 0.717) is 12.3 Å². The number of hydrazone groups is 1. The fraction of sp³-hybridized carbons (Fsp3) is 0.125. The van der Waals surface area contributed by atoms with E-state index < -0.39 is 11.8 Å². The largest absolute Gasteiger partial charge is 0.489 e. The monoisotopic (exact) mass is 401 g/mol. The molecule has 6 heteroatoms. The smallest absolute Gasteiger partial charge is 0.329 e. The molecule has 0 radical (unpaired) electrons. The van der Waals surface area contributed by atoms with E-state index in [2.05, 4.69) is 15.8 Å². The van der Waals surface area contributed by atoms with Crippen molar-refractivity contribution < 1.29 is 14.3 Å². The molecule has 0 aliphatic carbocycles. The molecule has 152 valence electrons. The molecule has 6 nitrogen and oxygen atoms in total. The molecule has 30 heavy (non-hydrogen) atoms.